The van der Waals surface area contributed by atoms with Crippen molar-refractivity contribution in [3.63, 3.8) is 0 Å². The van der Waals surface area contributed by atoms with Crippen molar-refractivity contribution in [2.24, 2.45) is 0 Å². The first-order chi connectivity index (χ1) is 6.92. The predicted octanol–water partition coefficient (Wildman–Crippen LogP) is 4.39. The number of halogens is 4. The van der Waals surface area contributed by atoms with E-state index < -0.39 is 11.3 Å². The van der Waals surface area contributed by atoms with Gasteiger partial charge in [0.25, 0.3) is 0 Å². The van der Waals surface area contributed by atoms with Crippen molar-refractivity contribution in [2.45, 2.75) is 30.2 Å². The average molecular weight is 238 g/mol. The highest BCUT2D eigenvalue weighted by molar-refractivity contribution is 8.00. The van der Waals surface area contributed by atoms with Crippen molar-refractivity contribution < 1.29 is 17.6 Å². The molecule has 84 valence electrons. The van der Waals surface area contributed by atoms with Crippen LogP contribution in [-0.2, 0) is 6.42 Å². The average Bonchev–Trinajstić information content (AvgIpc) is 2.07. The van der Waals surface area contributed by atoms with Crippen molar-refractivity contribution in [1.82, 2.24) is 0 Å². The van der Waals surface area contributed by atoms with E-state index in [0.717, 1.165) is 12.5 Å². The summed E-state index contributed by atoms with van der Waals surface area (Å²) in [4.78, 5) is -0.0376. The Morgan fingerprint density at radius 1 is 1.27 bits per heavy atom. The van der Waals surface area contributed by atoms with Crippen LogP contribution in [0.15, 0.2) is 23.1 Å². The van der Waals surface area contributed by atoms with Crippen LogP contribution in [0.3, 0.4) is 0 Å². The van der Waals surface area contributed by atoms with Crippen molar-refractivity contribution in [3.8, 4) is 0 Å². The molecule has 0 aromatic heterocycles. The minimum Gasteiger partial charge on any atom is -0.207 e. The normalized spacial score (nSPS) is 11.8. The van der Waals surface area contributed by atoms with Gasteiger partial charge in [0, 0.05) is 4.90 Å². The Hall–Kier alpha value is -0.710. The van der Waals surface area contributed by atoms with Gasteiger partial charge in [0.15, 0.2) is 0 Å². The van der Waals surface area contributed by atoms with Crippen molar-refractivity contribution >= 4 is 11.8 Å². The first kappa shape index (κ1) is 12.4. The molecule has 0 aliphatic carbocycles. The molecule has 0 heterocycles. The van der Waals surface area contributed by atoms with Crippen molar-refractivity contribution in [3.05, 3.63) is 29.6 Å². The molecule has 0 bridgehead atoms. The lowest BCUT2D eigenvalue weighted by Crippen LogP contribution is -2.01. The molecular weight excluding hydrogens is 228 g/mol. The molecule has 0 radical (unpaired) electrons. The highest BCUT2D eigenvalue weighted by Crippen LogP contribution is 2.39. The van der Waals surface area contributed by atoms with E-state index in [1.165, 1.54) is 12.1 Å². The van der Waals surface area contributed by atoms with Crippen LogP contribution >= 0.6 is 11.8 Å². The van der Waals surface area contributed by atoms with Gasteiger partial charge >= 0.3 is 5.51 Å². The Labute approximate surface area is 89.7 Å². The van der Waals surface area contributed by atoms with E-state index in [2.05, 4.69) is 0 Å². The van der Waals surface area contributed by atoms with Crippen LogP contribution in [0.25, 0.3) is 0 Å². The molecule has 0 atom stereocenters. The molecule has 5 heteroatoms. The third-order valence-electron chi connectivity index (χ3n) is 1.77. The van der Waals surface area contributed by atoms with Gasteiger partial charge < -0.3 is 0 Å². The molecule has 0 nitrogen and oxygen atoms in total. The molecule has 15 heavy (non-hydrogen) atoms. The van der Waals surface area contributed by atoms with Gasteiger partial charge in [0.2, 0.25) is 0 Å². The van der Waals surface area contributed by atoms with Gasteiger partial charge in [-0.3, -0.25) is 0 Å². The molecule has 1 aromatic rings. The molecule has 0 saturated heterocycles. The van der Waals surface area contributed by atoms with Gasteiger partial charge in [0.05, 0.1) is 0 Å². The molecule has 0 amide bonds. The monoisotopic (exact) mass is 238 g/mol. The van der Waals surface area contributed by atoms with E-state index in [9.17, 15) is 17.6 Å². The second-order valence-corrected chi connectivity index (χ2v) is 4.16. The number of thioether (sulfide) groups is 1. The topological polar surface area (TPSA) is 0 Å². The zero-order chi connectivity index (χ0) is 11.5. The van der Waals surface area contributed by atoms with Gasteiger partial charge in [-0.2, -0.15) is 13.2 Å². The van der Waals surface area contributed by atoms with Crippen molar-refractivity contribution in [1.29, 1.82) is 0 Å². The Morgan fingerprint density at radius 2 is 1.93 bits per heavy atom. The van der Waals surface area contributed by atoms with Crippen LogP contribution in [0.5, 0.6) is 0 Å². The smallest absolute Gasteiger partial charge is 0.207 e. The summed E-state index contributed by atoms with van der Waals surface area (Å²) in [5.74, 6) is -0.637. The minimum absolute atomic E-state index is 0.0376. The Kier molecular flexibility index (Phi) is 4.02. The summed E-state index contributed by atoms with van der Waals surface area (Å²) in [5.41, 5.74) is -3.82. The zero-order valence-corrected chi connectivity index (χ0v) is 8.88. The summed E-state index contributed by atoms with van der Waals surface area (Å²) in [6, 6.07) is 3.53. The first-order valence-electron chi connectivity index (χ1n) is 4.46. The number of rotatable bonds is 3. The second-order valence-electron chi connectivity index (χ2n) is 3.05. The van der Waals surface area contributed by atoms with E-state index >= 15 is 0 Å². The van der Waals surface area contributed by atoms with E-state index in [4.69, 9.17) is 0 Å². The summed E-state index contributed by atoms with van der Waals surface area (Å²) in [6.45, 7) is 1.87. The fourth-order valence-electron chi connectivity index (χ4n) is 1.22. The van der Waals surface area contributed by atoms with Crippen LogP contribution in [-0.4, -0.2) is 5.51 Å². The summed E-state index contributed by atoms with van der Waals surface area (Å²) >= 11 is -0.259. The number of benzene rings is 1. The molecule has 1 rings (SSSR count). The maximum Gasteiger partial charge on any atom is 0.446 e. The van der Waals surface area contributed by atoms with Crippen molar-refractivity contribution in [2.75, 3.05) is 0 Å². The lowest BCUT2D eigenvalue weighted by Gasteiger charge is -2.10. The molecule has 0 N–H and O–H groups in total. The van der Waals surface area contributed by atoms with E-state index in [1.807, 2.05) is 6.92 Å². The molecule has 0 spiro atoms. The summed E-state index contributed by atoms with van der Waals surface area (Å²) in [7, 11) is 0. The van der Waals surface area contributed by atoms with Gasteiger partial charge in [-0.05, 0) is 35.9 Å². The molecule has 1 aromatic carbocycles. The van der Waals surface area contributed by atoms with Gasteiger partial charge in [-0.25, -0.2) is 4.39 Å². The highest BCUT2D eigenvalue weighted by atomic mass is 32.2. The lowest BCUT2D eigenvalue weighted by molar-refractivity contribution is -0.0328. The standard InChI is InChI=1S/C10H10F4S/c1-2-3-7-4-5-8(11)6-9(7)15-10(12,13)14/h4-6H,2-3H2,1H3. The van der Waals surface area contributed by atoms with Crippen LogP contribution in [0, 0.1) is 5.82 Å². The first-order valence-corrected chi connectivity index (χ1v) is 5.28. The Bertz CT molecular complexity index is 333. The van der Waals surface area contributed by atoms with Gasteiger partial charge in [-0.15, -0.1) is 0 Å². The molecule has 0 saturated carbocycles. The van der Waals surface area contributed by atoms with Gasteiger partial charge in [-0.1, -0.05) is 19.4 Å². The molecular formula is C10H10F4S. The molecule has 0 aliphatic heterocycles. The second kappa shape index (κ2) is 4.88. The fraction of sp³-hybridized carbons (Fsp3) is 0.400. The maximum absolute atomic E-state index is 12.8. The van der Waals surface area contributed by atoms with Crippen LogP contribution in [0.1, 0.15) is 18.9 Å². The summed E-state index contributed by atoms with van der Waals surface area (Å²) < 4.78 is 49.2. The third-order valence-corrected chi connectivity index (χ3v) is 2.61. The van der Waals surface area contributed by atoms with Crippen LogP contribution < -0.4 is 0 Å². The summed E-state index contributed by atoms with van der Waals surface area (Å²) in [6.07, 6.45) is 1.26. The minimum atomic E-state index is -4.36. The van der Waals surface area contributed by atoms with Gasteiger partial charge in [0.1, 0.15) is 5.82 Å². The van der Waals surface area contributed by atoms with Crippen LogP contribution in [0.4, 0.5) is 17.6 Å². The third kappa shape index (κ3) is 4.11. The Balaban J connectivity index is 2.96. The quantitative estimate of drug-likeness (QED) is 0.556. The highest BCUT2D eigenvalue weighted by Gasteiger charge is 2.30. The zero-order valence-electron chi connectivity index (χ0n) is 8.07. The fourth-order valence-corrected chi connectivity index (χ4v) is 1.95. The summed E-state index contributed by atoms with van der Waals surface area (Å²) in [5, 5.41) is 0. The molecule has 0 unspecified atom stereocenters. The lowest BCUT2D eigenvalue weighted by atomic mass is 10.1. The SMILES string of the molecule is CCCc1ccc(F)cc1SC(F)(F)F. The molecule has 0 aliphatic rings. The van der Waals surface area contributed by atoms with E-state index in [0.29, 0.717) is 12.0 Å². The number of hydrogen-bond acceptors (Lipinski definition) is 1. The number of alkyl halides is 3. The maximum atomic E-state index is 12.8. The van der Waals surface area contributed by atoms with E-state index in [-0.39, 0.29) is 16.7 Å². The molecule has 0 fully saturated rings. The number of hydrogen-bond donors (Lipinski definition) is 0. The predicted molar refractivity (Wildman–Crippen MR) is 52.3 cm³/mol. The number of aryl methyl sites for hydroxylation is 1. The van der Waals surface area contributed by atoms with E-state index in [1.54, 1.807) is 0 Å². The Morgan fingerprint density at radius 3 is 2.47 bits per heavy atom. The van der Waals surface area contributed by atoms with Crippen LogP contribution in [0.2, 0.25) is 0 Å². The largest absolute Gasteiger partial charge is 0.446 e.